The second-order valence-electron chi connectivity index (χ2n) is 3.91. The van der Waals surface area contributed by atoms with Crippen molar-refractivity contribution in [3.05, 3.63) is 36.5 Å². The lowest BCUT2D eigenvalue weighted by atomic mass is 10.00. The third-order valence-electron chi connectivity index (χ3n) is 2.42. The maximum atomic E-state index is 2.34. The summed E-state index contributed by atoms with van der Waals surface area (Å²) in [4.78, 5) is 0. The van der Waals surface area contributed by atoms with Crippen LogP contribution in [0.3, 0.4) is 0 Å². The monoisotopic (exact) mass is 206 g/mol. The average molecular weight is 206 g/mol. The Kier molecular flexibility index (Phi) is 10.7. The summed E-state index contributed by atoms with van der Waals surface area (Å²) in [6.07, 6.45) is 19.7. The van der Waals surface area contributed by atoms with E-state index in [1.807, 2.05) is 0 Å². The molecule has 15 heavy (non-hydrogen) atoms. The van der Waals surface area contributed by atoms with Crippen molar-refractivity contribution in [2.24, 2.45) is 5.92 Å². The molecule has 0 aliphatic rings. The van der Waals surface area contributed by atoms with Crippen molar-refractivity contribution < 1.29 is 0 Å². The fourth-order valence-corrected chi connectivity index (χ4v) is 1.52. The van der Waals surface area contributed by atoms with Crippen molar-refractivity contribution in [3.8, 4) is 0 Å². The predicted octanol–water partition coefficient (Wildman–Crippen LogP) is 5.28. The van der Waals surface area contributed by atoms with E-state index in [0.29, 0.717) is 5.92 Å². The van der Waals surface area contributed by atoms with Gasteiger partial charge in [0.1, 0.15) is 0 Å². The molecule has 0 N–H and O–H groups in total. The minimum Gasteiger partial charge on any atom is -0.0882 e. The van der Waals surface area contributed by atoms with Crippen LogP contribution in [0.15, 0.2) is 36.5 Å². The molecule has 1 unspecified atom stereocenters. The summed E-state index contributed by atoms with van der Waals surface area (Å²) in [5.74, 6) is 0.632. The van der Waals surface area contributed by atoms with Crippen LogP contribution in [0, 0.1) is 5.92 Å². The third kappa shape index (κ3) is 9.52. The first kappa shape index (κ1) is 14.2. The van der Waals surface area contributed by atoms with E-state index in [2.05, 4.69) is 57.2 Å². The molecular weight excluding hydrogens is 180 g/mol. The molecule has 0 radical (unpaired) electrons. The molecule has 0 saturated heterocycles. The summed E-state index contributed by atoms with van der Waals surface area (Å²) in [7, 11) is 0. The highest BCUT2D eigenvalue weighted by Crippen LogP contribution is 2.13. The van der Waals surface area contributed by atoms with Gasteiger partial charge in [0.15, 0.2) is 0 Å². The molecule has 0 heterocycles. The summed E-state index contributed by atoms with van der Waals surface area (Å²) in [5.41, 5.74) is 0. The van der Waals surface area contributed by atoms with E-state index in [1.54, 1.807) is 0 Å². The predicted molar refractivity (Wildman–Crippen MR) is 71.0 cm³/mol. The van der Waals surface area contributed by atoms with Crippen LogP contribution in [-0.4, -0.2) is 0 Å². The second-order valence-corrected chi connectivity index (χ2v) is 3.91. The summed E-state index contributed by atoms with van der Waals surface area (Å²) in [6.45, 7) is 6.50. The zero-order valence-corrected chi connectivity index (χ0v) is 10.6. The topological polar surface area (TPSA) is 0 Å². The van der Waals surface area contributed by atoms with Crippen LogP contribution >= 0.6 is 0 Å². The Morgan fingerprint density at radius 3 is 2.40 bits per heavy atom. The second kappa shape index (κ2) is 11.3. The van der Waals surface area contributed by atoms with Gasteiger partial charge in [-0.2, -0.15) is 0 Å². The van der Waals surface area contributed by atoms with Gasteiger partial charge in [-0.05, 0) is 25.7 Å². The first-order chi connectivity index (χ1) is 7.35. The van der Waals surface area contributed by atoms with Gasteiger partial charge in [0.25, 0.3) is 0 Å². The number of hydrogen-bond donors (Lipinski definition) is 0. The molecule has 0 aromatic carbocycles. The molecular formula is C15H26. The Bertz CT molecular complexity index is 196. The molecule has 1 atom stereocenters. The van der Waals surface area contributed by atoms with Gasteiger partial charge in [-0.25, -0.2) is 0 Å². The molecule has 0 rings (SSSR count). The number of hydrogen-bond acceptors (Lipinski definition) is 0. The highest BCUT2D eigenvalue weighted by molar-refractivity contribution is 5.07. The van der Waals surface area contributed by atoms with Gasteiger partial charge >= 0.3 is 0 Å². The number of rotatable bonds is 8. The molecule has 86 valence electrons. The first-order valence-corrected chi connectivity index (χ1v) is 6.31. The maximum Gasteiger partial charge on any atom is -0.00504 e. The lowest BCUT2D eigenvalue weighted by molar-refractivity contribution is 0.610. The minimum absolute atomic E-state index is 0.632. The molecule has 0 aromatic rings. The summed E-state index contributed by atoms with van der Waals surface area (Å²) in [6, 6.07) is 0. The first-order valence-electron chi connectivity index (χ1n) is 6.31. The Morgan fingerprint density at radius 1 is 1.00 bits per heavy atom. The van der Waals surface area contributed by atoms with Gasteiger partial charge < -0.3 is 0 Å². The van der Waals surface area contributed by atoms with Crippen LogP contribution in [0.1, 0.15) is 52.9 Å². The maximum absolute atomic E-state index is 2.34. The standard InChI is InChI=1S/C15H26/c1-4-7-10-13-15(12-9-6-3)14-11-8-5-2/h4,7,9-10,12-13,15H,5-6,8,11,14H2,1-3H3. The zero-order valence-electron chi connectivity index (χ0n) is 10.6. The van der Waals surface area contributed by atoms with Crippen molar-refractivity contribution >= 4 is 0 Å². The molecule has 0 saturated carbocycles. The van der Waals surface area contributed by atoms with Crippen molar-refractivity contribution in [2.45, 2.75) is 52.9 Å². The largest absolute Gasteiger partial charge is 0.0882 e. The average Bonchev–Trinajstić information content (AvgIpc) is 2.25. The Balaban J connectivity index is 3.99. The molecule has 0 heteroatoms. The highest BCUT2D eigenvalue weighted by Gasteiger charge is 1.98. The molecule has 0 bridgehead atoms. The Labute approximate surface area is 95.8 Å². The van der Waals surface area contributed by atoms with E-state index in [9.17, 15) is 0 Å². The van der Waals surface area contributed by atoms with Crippen LogP contribution in [0.5, 0.6) is 0 Å². The van der Waals surface area contributed by atoms with Gasteiger partial charge in [0.2, 0.25) is 0 Å². The van der Waals surface area contributed by atoms with Gasteiger partial charge in [-0.15, -0.1) is 0 Å². The van der Waals surface area contributed by atoms with Crippen LogP contribution in [0.4, 0.5) is 0 Å². The van der Waals surface area contributed by atoms with Gasteiger partial charge in [-0.3, -0.25) is 0 Å². The fraction of sp³-hybridized carbons (Fsp3) is 0.600. The lowest BCUT2D eigenvalue weighted by Crippen LogP contribution is -1.91. The third-order valence-corrected chi connectivity index (χ3v) is 2.42. The van der Waals surface area contributed by atoms with E-state index >= 15 is 0 Å². The van der Waals surface area contributed by atoms with Crippen molar-refractivity contribution in [3.63, 3.8) is 0 Å². The Hall–Kier alpha value is -0.780. The molecule has 0 spiro atoms. The van der Waals surface area contributed by atoms with E-state index in [0.717, 1.165) is 6.42 Å². The Morgan fingerprint density at radius 2 is 1.80 bits per heavy atom. The van der Waals surface area contributed by atoms with Gasteiger partial charge in [0, 0.05) is 0 Å². The lowest BCUT2D eigenvalue weighted by Gasteiger charge is -2.06. The van der Waals surface area contributed by atoms with E-state index in [1.165, 1.54) is 25.7 Å². The van der Waals surface area contributed by atoms with Crippen LogP contribution in [-0.2, 0) is 0 Å². The van der Waals surface area contributed by atoms with E-state index in [-0.39, 0.29) is 0 Å². The summed E-state index contributed by atoms with van der Waals surface area (Å²) in [5, 5.41) is 0. The van der Waals surface area contributed by atoms with Crippen LogP contribution in [0.25, 0.3) is 0 Å². The van der Waals surface area contributed by atoms with Crippen molar-refractivity contribution in [2.75, 3.05) is 0 Å². The zero-order chi connectivity index (χ0) is 11.4. The van der Waals surface area contributed by atoms with Crippen molar-refractivity contribution in [1.82, 2.24) is 0 Å². The minimum atomic E-state index is 0.632. The molecule has 0 nitrogen and oxygen atoms in total. The van der Waals surface area contributed by atoms with Gasteiger partial charge in [0.05, 0.1) is 0 Å². The SMILES string of the molecule is CC=CC=CC(C=CCC)CCCCC. The number of allylic oxidation sites excluding steroid dienone is 6. The molecule has 0 aliphatic carbocycles. The molecule has 0 aromatic heterocycles. The van der Waals surface area contributed by atoms with E-state index in [4.69, 9.17) is 0 Å². The van der Waals surface area contributed by atoms with E-state index < -0.39 is 0 Å². The number of unbranched alkanes of at least 4 members (excludes halogenated alkanes) is 2. The van der Waals surface area contributed by atoms with Crippen molar-refractivity contribution in [1.29, 1.82) is 0 Å². The smallest absolute Gasteiger partial charge is 0.00504 e. The fourth-order valence-electron chi connectivity index (χ4n) is 1.52. The highest BCUT2D eigenvalue weighted by atomic mass is 14.0. The van der Waals surface area contributed by atoms with Gasteiger partial charge in [-0.1, -0.05) is 69.6 Å². The van der Waals surface area contributed by atoms with Crippen LogP contribution < -0.4 is 0 Å². The molecule has 0 aliphatic heterocycles. The van der Waals surface area contributed by atoms with Crippen LogP contribution in [0.2, 0.25) is 0 Å². The molecule has 0 fully saturated rings. The normalized spacial score (nSPS) is 14.6. The summed E-state index contributed by atoms with van der Waals surface area (Å²) < 4.78 is 0. The summed E-state index contributed by atoms with van der Waals surface area (Å²) >= 11 is 0. The quantitative estimate of drug-likeness (QED) is 0.288. The molecule has 0 amide bonds.